The van der Waals surface area contributed by atoms with Crippen molar-refractivity contribution in [3.63, 3.8) is 0 Å². The molecule has 2 N–H and O–H groups in total. The zero-order valence-corrected chi connectivity index (χ0v) is 18.3. The van der Waals surface area contributed by atoms with Crippen molar-refractivity contribution in [1.29, 1.82) is 0 Å². The molecule has 4 rings (SSSR count). The number of amides is 1. The second kappa shape index (κ2) is 8.77. The lowest BCUT2D eigenvalue weighted by Gasteiger charge is -2.09. The highest BCUT2D eigenvalue weighted by Crippen LogP contribution is 2.30. The summed E-state index contributed by atoms with van der Waals surface area (Å²) in [4.78, 5) is 23.8. The van der Waals surface area contributed by atoms with Gasteiger partial charge in [-0.15, -0.1) is 0 Å². The number of methoxy groups -OCH3 is 1. The summed E-state index contributed by atoms with van der Waals surface area (Å²) < 4.78 is 7.50. The Hall–Kier alpha value is -3.77. The van der Waals surface area contributed by atoms with E-state index >= 15 is 0 Å². The van der Waals surface area contributed by atoms with Crippen molar-refractivity contribution in [1.82, 2.24) is 4.57 Å². The lowest BCUT2D eigenvalue weighted by Crippen LogP contribution is -2.12. The third-order valence-corrected chi connectivity index (χ3v) is 5.58. The van der Waals surface area contributed by atoms with E-state index in [1.807, 2.05) is 42.1 Å². The number of carboxylic acids is 1. The standard InChI is InChI=1S/C25H21ClN2O4/c1-28-14-18(11-17-12-19(26)6-10-23(17)32-2)21-13-16(5-9-22(21)28)24(29)27-20-7-3-15(4-8-20)25(30)31/h3-10,12-14H,11H2,1-2H3,(H,27,29)(H,30,31). The van der Waals surface area contributed by atoms with Crippen molar-refractivity contribution in [2.45, 2.75) is 6.42 Å². The van der Waals surface area contributed by atoms with Gasteiger partial charge in [-0.3, -0.25) is 4.79 Å². The maximum Gasteiger partial charge on any atom is 0.335 e. The first-order valence-corrected chi connectivity index (χ1v) is 10.3. The molecule has 1 aromatic heterocycles. The van der Waals surface area contributed by atoms with Crippen LogP contribution in [0.3, 0.4) is 0 Å². The molecule has 0 fully saturated rings. The minimum atomic E-state index is -1.01. The molecular weight excluding hydrogens is 428 g/mol. The Morgan fingerprint density at radius 3 is 2.41 bits per heavy atom. The summed E-state index contributed by atoms with van der Waals surface area (Å²) in [6, 6.07) is 17.1. The van der Waals surface area contributed by atoms with Gasteiger partial charge in [0.15, 0.2) is 0 Å². The van der Waals surface area contributed by atoms with Crippen LogP contribution in [0.1, 0.15) is 31.8 Å². The summed E-state index contributed by atoms with van der Waals surface area (Å²) >= 11 is 6.19. The number of aryl methyl sites for hydroxylation is 1. The quantitative estimate of drug-likeness (QED) is 0.415. The minimum Gasteiger partial charge on any atom is -0.496 e. The van der Waals surface area contributed by atoms with Crippen LogP contribution in [0.4, 0.5) is 5.69 Å². The van der Waals surface area contributed by atoms with Crippen LogP contribution >= 0.6 is 11.6 Å². The Morgan fingerprint density at radius 2 is 1.72 bits per heavy atom. The van der Waals surface area contributed by atoms with Gasteiger partial charge in [0.1, 0.15) is 5.75 Å². The van der Waals surface area contributed by atoms with Gasteiger partial charge in [-0.2, -0.15) is 0 Å². The number of carboxylic acid groups (broad SMARTS) is 1. The molecule has 7 heteroatoms. The van der Waals surface area contributed by atoms with E-state index in [0.29, 0.717) is 22.7 Å². The van der Waals surface area contributed by atoms with E-state index in [2.05, 4.69) is 5.32 Å². The monoisotopic (exact) mass is 448 g/mol. The molecular formula is C25H21ClN2O4. The first-order chi connectivity index (χ1) is 15.4. The summed E-state index contributed by atoms with van der Waals surface area (Å²) in [5.41, 5.74) is 4.20. The molecule has 0 unspecified atom stereocenters. The van der Waals surface area contributed by atoms with E-state index in [-0.39, 0.29) is 11.5 Å². The molecule has 0 aliphatic heterocycles. The van der Waals surface area contributed by atoms with Crippen molar-refractivity contribution in [2.24, 2.45) is 7.05 Å². The molecule has 1 heterocycles. The Balaban J connectivity index is 1.64. The Labute approximate surface area is 190 Å². The van der Waals surface area contributed by atoms with E-state index < -0.39 is 5.97 Å². The molecule has 4 aromatic rings. The van der Waals surface area contributed by atoms with Gasteiger partial charge in [0.05, 0.1) is 12.7 Å². The summed E-state index contributed by atoms with van der Waals surface area (Å²) in [6.07, 6.45) is 2.64. The molecule has 1 amide bonds. The summed E-state index contributed by atoms with van der Waals surface area (Å²) in [5, 5.41) is 13.4. The van der Waals surface area contributed by atoms with Gasteiger partial charge in [-0.25, -0.2) is 4.79 Å². The number of carbonyl (C=O) groups excluding carboxylic acids is 1. The van der Waals surface area contributed by atoms with Crippen molar-refractivity contribution in [2.75, 3.05) is 12.4 Å². The van der Waals surface area contributed by atoms with Crippen LogP contribution in [0.5, 0.6) is 5.75 Å². The number of carbonyl (C=O) groups is 2. The number of nitrogens with zero attached hydrogens (tertiary/aromatic N) is 1. The summed E-state index contributed by atoms with van der Waals surface area (Å²) in [5.74, 6) is -0.531. The maximum atomic E-state index is 12.8. The average Bonchev–Trinajstić information content (AvgIpc) is 3.09. The molecule has 162 valence electrons. The predicted octanol–water partition coefficient (Wildman–Crippen LogP) is 5.38. The van der Waals surface area contributed by atoms with Crippen LogP contribution in [0.2, 0.25) is 5.02 Å². The zero-order chi connectivity index (χ0) is 22.8. The number of hydrogen-bond acceptors (Lipinski definition) is 3. The first kappa shape index (κ1) is 21.5. The highest BCUT2D eigenvalue weighted by molar-refractivity contribution is 6.30. The van der Waals surface area contributed by atoms with Crippen molar-refractivity contribution in [3.8, 4) is 5.75 Å². The molecule has 0 radical (unpaired) electrons. The lowest BCUT2D eigenvalue weighted by atomic mass is 10.0. The SMILES string of the molecule is COc1ccc(Cl)cc1Cc1cn(C)c2ccc(C(=O)Nc3ccc(C(=O)O)cc3)cc12. The molecule has 6 nitrogen and oxygen atoms in total. The number of benzene rings is 3. The third-order valence-electron chi connectivity index (χ3n) is 5.35. The van der Waals surface area contributed by atoms with Crippen LogP contribution in [0.15, 0.2) is 66.9 Å². The van der Waals surface area contributed by atoms with Crippen LogP contribution in [-0.4, -0.2) is 28.7 Å². The summed E-state index contributed by atoms with van der Waals surface area (Å²) in [6.45, 7) is 0. The van der Waals surface area contributed by atoms with Gasteiger partial charge < -0.3 is 19.7 Å². The fourth-order valence-corrected chi connectivity index (χ4v) is 3.94. The Kier molecular flexibility index (Phi) is 5.88. The van der Waals surface area contributed by atoms with E-state index in [1.54, 1.807) is 31.4 Å². The smallest absolute Gasteiger partial charge is 0.335 e. The van der Waals surface area contributed by atoms with Crippen LogP contribution in [-0.2, 0) is 13.5 Å². The van der Waals surface area contributed by atoms with Gasteiger partial charge in [-0.05, 0) is 66.2 Å². The van der Waals surface area contributed by atoms with Crippen LogP contribution in [0, 0.1) is 0 Å². The average molecular weight is 449 g/mol. The Bertz CT molecular complexity index is 1330. The third kappa shape index (κ3) is 4.31. The number of fused-ring (bicyclic) bond motifs is 1. The lowest BCUT2D eigenvalue weighted by molar-refractivity contribution is 0.0696. The molecule has 0 saturated carbocycles. The van der Waals surface area contributed by atoms with Crippen molar-refractivity contribution in [3.05, 3.63) is 94.1 Å². The number of ether oxygens (including phenoxy) is 1. The van der Waals surface area contributed by atoms with Gasteiger partial charge in [-0.1, -0.05) is 11.6 Å². The number of anilines is 1. The molecule has 0 bridgehead atoms. The van der Waals surface area contributed by atoms with Crippen molar-refractivity contribution < 1.29 is 19.4 Å². The number of hydrogen-bond donors (Lipinski definition) is 2. The highest BCUT2D eigenvalue weighted by Gasteiger charge is 2.14. The molecule has 0 spiro atoms. The second-order valence-electron chi connectivity index (χ2n) is 7.47. The number of nitrogens with one attached hydrogen (secondary N) is 1. The highest BCUT2D eigenvalue weighted by atomic mass is 35.5. The minimum absolute atomic E-state index is 0.162. The summed E-state index contributed by atoms with van der Waals surface area (Å²) in [7, 11) is 3.59. The van der Waals surface area contributed by atoms with Crippen LogP contribution in [0.25, 0.3) is 10.9 Å². The molecule has 0 atom stereocenters. The second-order valence-corrected chi connectivity index (χ2v) is 7.90. The fourth-order valence-electron chi connectivity index (χ4n) is 3.75. The fraction of sp³-hybridized carbons (Fsp3) is 0.120. The molecule has 0 saturated heterocycles. The van der Waals surface area contributed by atoms with E-state index in [9.17, 15) is 9.59 Å². The topological polar surface area (TPSA) is 80.6 Å². The van der Waals surface area contributed by atoms with Gasteiger partial charge >= 0.3 is 5.97 Å². The predicted molar refractivity (Wildman–Crippen MR) is 125 cm³/mol. The van der Waals surface area contributed by atoms with E-state index in [1.165, 1.54) is 12.1 Å². The van der Waals surface area contributed by atoms with Gasteiger partial charge in [0.25, 0.3) is 5.91 Å². The van der Waals surface area contributed by atoms with E-state index in [0.717, 1.165) is 27.8 Å². The van der Waals surface area contributed by atoms with Crippen LogP contribution < -0.4 is 10.1 Å². The zero-order valence-electron chi connectivity index (χ0n) is 17.6. The number of aromatic carboxylic acids is 1. The number of rotatable bonds is 6. The normalized spacial score (nSPS) is 10.8. The Morgan fingerprint density at radius 1 is 1.00 bits per heavy atom. The maximum absolute atomic E-state index is 12.8. The van der Waals surface area contributed by atoms with E-state index in [4.69, 9.17) is 21.4 Å². The molecule has 0 aliphatic rings. The largest absolute Gasteiger partial charge is 0.496 e. The molecule has 32 heavy (non-hydrogen) atoms. The van der Waals surface area contributed by atoms with Gasteiger partial charge in [0.2, 0.25) is 0 Å². The number of aromatic nitrogens is 1. The first-order valence-electron chi connectivity index (χ1n) is 9.91. The molecule has 3 aromatic carbocycles. The van der Waals surface area contributed by atoms with Gasteiger partial charge in [0, 0.05) is 52.4 Å². The number of halogens is 1. The molecule has 0 aliphatic carbocycles. The van der Waals surface area contributed by atoms with Crippen molar-refractivity contribution >= 4 is 40.1 Å².